The van der Waals surface area contributed by atoms with Crippen LogP contribution in [0.2, 0.25) is 0 Å². The highest BCUT2D eigenvalue weighted by molar-refractivity contribution is 5.14. The van der Waals surface area contributed by atoms with E-state index in [0.29, 0.717) is 12.6 Å². The van der Waals surface area contributed by atoms with Crippen molar-refractivity contribution in [2.45, 2.75) is 38.5 Å². The molecule has 0 spiro atoms. The summed E-state index contributed by atoms with van der Waals surface area (Å²) >= 11 is 0. The first-order valence-electron chi connectivity index (χ1n) is 6.89. The van der Waals surface area contributed by atoms with Crippen LogP contribution in [0.1, 0.15) is 25.3 Å². The van der Waals surface area contributed by atoms with Gasteiger partial charge in [-0.25, -0.2) is 0 Å². The highest BCUT2D eigenvalue weighted by Gasteiger charge is 2.21. The predicted octanol–water partition coefficient (Wildman–Crippen LogP) is 2.01. The molecule has 3 nitrogen and oxygen atoms in total. The zero-order valence-corrected chi connectivity index (χ0v) is 11.2. The van der Waals surface area contributed by atoms with E-state index in [-0.39, 0.29) is 6.10 Å². The van der Waals surface area contributed by atoms with Gasteiger partial charge in [-0.05, 0) is 31.9 Å². The van der Waals surface area contributed by atoms with Crippen LogP contribution < -0.4 is 5.73 Å². The van der Waals surface area contributed by atoms with Crippen LogP contribution >= 0.6 is 0 Å². The molecule has 1 fully saturated rings. The minimum atomic E-state index is 0.173. The number of nitrogens with two attached hydrogens (primary N) is 1. The lowest BCUT2D eigenvalue weighted by Crippen LogP contribution is -2.41. The molecule has 1 aromatic rings. The van der Waals surface area contributed by atoms with Crippen molar-refractivity contribution in [1.29, 1.82) is 0 Å². The van der Waals surface area contributed by atoms with Crippen LogP contribution in [0.15, 0.2) is 30.3 Å². The van der Waals surface area contributed by atoms with E-state index < -0.39 is 0 Å². The van der Waals surface area contributed by atoms with Gasteiger partial charge < -0.3 is 10.5 Å². The molecule has 0 aromatic heterocycles. The quantitative estimate of drug-likeness (QED) is 0.866. The third-order valence-electron chi connectivity index (χ3n) is 3.47. The van der Waals surface area contributed by atoms with Crippen molar-refractivity contribution in [2.24, 2.45) is 5.73 Å². The van der Waals surface area contributed by atoms with Crippen molar-refractivity contribution in [3.8, 4) is 0 Å². The summed E-state index contributed by atoms with van der Waals surface area (Å²) in [5.41, 5.74) is 6.99. The average molecular weight is 248 g/mol. The topological polar surface area (TPSA) is 38.5 Å². The molecule has 1 saturated heterocycles. The van der Waals surface area contributed by atoms with E-state index in [9.17, 15) is 0 Å². The Morgan fingerprint density at radius 3 is 2.89 bits per heavy atom. The van der Waals surface area contributed by atoms with Gasteiger partial charge in [0.2, 0.25) is 0 Å². The van der Waals surface area contributed by atoms with Crippen molar-refractivity contribution in [3.05, 3.63) is 35.9 Å². The normalized spacial score (nSPS) is 22.9. The maximum absolute atomic E-state index is 5.94. The van der Waals surface area contributed by atoms with E-state index in [0.717, 1.165) is 19.5 Å². The van der Waals surface area contributed by atoms with E-state index in [1.54, 1.807) is 0 Å². The van der Waals surface area contributed by atoms with Crippen LogP contribution in [0.5, 0.6) is 0 Å². The summed E-state index contributed by atoms with van der Waals surface area (Å²) < 4.78 is 5.94. The Morgan fingerprint density at radius 2 is 2.17 bits per heavy atom. The largest absolute Gasteiger partial charge is 0.373 e. The van der Waals surface area contributed by atoms with Crippen LogP contribution in [0.4, 0.5) is 0 Å². The monoisotopic (exact) mass is 248 g/mol. The van der Waals surface area contributed by atoms with Gasteiger partial charge in [-0.15, -0.1) is 0 Å². The fraction of sp³-hybridized carbons (Fsp3) is 0.600. The Kier molecular flexibility index (Phi) is 5.17. The van der Waals surface area contributed by atoms with Gasteiger partial charge in [-0.1, -0.05) is 30.3 Å². The molecule has 0 amide bonds. The van der Waals surface area contributed by atoms with Crippen LogP contribution in [0.25, 0.3) is 0 Å². The number of piperidine rings is 1. The second-order valence-electron chi connectivity index (χ2n) is 5.17. The van der Waals surface area contributed by atoms with Gasteiger partial charge in [0.05, 0.1) is 12.2 Å². The standard InChI is InChI=1S/C15H24N2O/c1-13(10-16)18-15-8-5-9-17(12-15)11-14-6-3-2-4-7-14/h2-4,6-7,13,15H,5,8-12,16H2,1H3. The highest BCUT2D eigenvalue weighted by atomic mass is 16.5. The van der Waals surface area contributed by atoms with Crippen molar-refractivity contribution in [2.75, 3.05) is 19.6 Å². The van der Waals surface area contributed by atoms with E-state index >= 15 is 0 Å². The number of rotatable bonds is 5. The minimum absolute atomic E-state index is 0.173. The summed E-state index contributed by atoms with van der Waals surface area (Å²) in [6.07, 6.45) is 2.90. The van der Waals surface area contributed by atoms with Crippen LogP contribution in [-0.4, -0.2) is 36.7 Å². The summed E-state index contributed by atoms with van der Waals surface area (Å²) in [6.45, 7) is 5.88. The van der Waals surface area contributed by atoms with Gasteiger partial charge in [-0.2, -0.15) is 0 Å². The number of likely N-dealkylation sites (tertiary alicyclic amines) is 1. The first kappa shape index (κ1) is 13.5. The van der Waals surface area contributed by atoms with Gasteiger partial charge in [0.25, 0.3) is 0 Å². The first-order valence-corrected chi connectivity index (χ1v) is 6.89. The van der Waals surface area contributed by atoms with Gasteiger partial charge in [0.1, 0.15) is 0 Å². The van der Waals surface area contributed by atoms with E-state index in [1.165, 1.54) is 18.5 Å². The summed E-state index contributed by atoms with van der Waals surface area (Å²) in [4.78, 5) is 2.48. The molecular formula is C15H24N2O. The molecule has 0 bridgehead atoms. The van der Waals surface area contributed by atoms with Crippen LogP contribution in [-0.2, 0) is 11.3 Å². The van der Waals surface area contributed by atoms with Crippen molar-refractivity contribution in [1.82, 2.24) is 4.90 Å². The van der Waals surface area contributed by atoms with Crippen LogP contribution in [0.3, 0.4) is 0 Å². The Labute approximate surface area is 110 Å². The Hall–Kier alpha value is -0.900. The molecule has 2 unspecified atom stereocenters. The molecule has 0 aliphatic carbocycles. The molecule has 100 valence electrons. The Morgan fingerprint density at radius 1 is 1.39 bits per heavy atom. The third-order valence-corrected chi connectivity index (χ3v) is 3.47. The summed E-state index contributed by atoms with van der Waals surface area (Å²) in [5.74, 6) is 0. The first-order chi connectivity index (χ1) is 8.78. The number of hydrogen-bond acceptors (Lipinski definition) is 3. The zero-order valence-electron chi connectivity index (χ0n) is 11.2. The number of hydrogen-bond donors (Lipinski definition) is 1. The molecule has 2 atom stereocenters. The van der Waals surface area contributed by atoms with E-state index in [2.05, 4.69) is 42.2 Å². The Bertz CT molecular complexity index is 342. The van der Waals surface area contributed by atoms with Gasteiger partial charge in [0, 0.05) is 19.6 Å². The number of ether oxygens (including phenoxy) is 1. The summed E-state index contributed by atoms with van der Waals surface area (Å²) in [6, 6.07) is 10.6. The number of benzene rings is 1. The third kappa shape index (κ3) is 4.09. The molecule has 1 aliphatic heterocycles. The second-order valence-corrected chi connectivity index (χ2v) is 5.17. The lowest BCUT2D eigenvalue weighted by atomic mass is 10.1. The molecule has 3 heteroatoms. The molecule has 2 rings (SSSR count). The van der Waals surface area contributed by atoms with E-state index in [1.807, 2.05) is 0 Å². The lowest BCUT2D eigenvalue weighted by Gasteiger charge is -2.34. The molecule has 0 radical (unpaired) electrons. The molecule has 18 heavy (non-hydrogen) atoms. The highest BCUT2D eigenvalue weighted by Crippen LogP contribution is 2.17. The van der Waals surface area contributed by atoms with E-state index in [4.69, 9.17) is 10.5 Å². The number of nitrogens with zero attached hydrogens (tertiary/aromatic N) is 1. The molecular weight excluding hydrogens is 224 g/mol. The maximum atomic E-state index is 5.94. The lowest BCUT2D eigenvalue weighted by molar-refractivity contribution is -0.0382. The van der Waals surface area contributed by atoms with Gasteiger partial charge in [-0.3, -0.25) is 4.90 Å². The molecule has 0 saturated carbocycles. The van der Waals surface area contributed by atoms with Gasteiger partial charge in [0.15, 0.2) is 0 Å². The SMILES string of the molecule is CC(CN)OC1CCCN(Cc2ccccc2)C1. The van der Waals surface area contributed by atoms with Crippen LogP contribution in [0, 0.1) is 0 Å². The smallest absolute Gasteiger partial charge is 0.0706 e. The van der Waals surface area contributed by atoms with Crippen molar-refractivity contribution in [3.63, 3.8) is 0 Å². The summed E-state index contributed by atoms with van der Waals surface area (Å²) in [7, 11) is 0. The fourth-order valence-electron chi connectivity index (χ4n) is 2.49. The molecule has 1 aromatic carbocycles. The fourth-order valence-corrected chi connectivity index (χ4v) is 2.49. The Balaban J connectivity index is 1.83. The van der Waals surface area contributed by atoms with Crippen molar-refractivity contribution < 1.29 is 4.74 Å². The predicted molar refractivity (Wildman–Crippen MR) is 74.3 cm³/mol. The second kappa shape index (κ2) is 6.88. The summed E-state index contributed by atoms with van der Waals surface area (Å²) in [5, 5.41) is 0. The molecule has 1 aliphatic rings. The minimum Gasteiger partial charge on any atom is -0.373 e. The molecule has 2 N–H and O–H groups in total. The van der Waals surface area contributed by atoms with Gasteiger partial charge >= 0.3 is 0 Å². The van der Waals surface area contributed by atoms with Crippen molar-refractivity contribution >= 4 is 0 Å². The zero-order chi connectivity index (χ0) is 12.8. The maximum Gasteiger partial charge on any atom is 0.0706 e. The average Bonchev–Trinajstić information content (AvgIpc) is 2.40. The molecule has 1 heterocycles.